The second kappa shape index (κ2) is 5.46. The number of fused-ring (bicyclic) bond motifs is 1. The lowest BCUT2D eigenvalue weighted by Gasteiger charge is -2.12. The van der Waals surface area contributed by atoms with Crippen LogP contribution in [0, 0.1) is 6.92 Å². The maximum atomic E-state index is 5.63. The summed E-state index contributed by atoms with van der Waals surface area (Å²) < 4.78 is 5.63. The van der Waals surface area contributed by atoms with Crippen LogP contribution in [-0.4, -0.2) is 16.6 Å². The summed E-state index contributed by atoms with van der Waals surface area (Å²) in [6.45, 7) is 4.68. The van der Waals surface area contributed by atoms with Gasteiger partial charge in [0.25, 0.3) is 0 Å². The molecule has 20 heavy (non-hydrogen) atoms. The fraction of sp³-hybridized carbons (Fsp3) is 0.200. The summed E-state index contributed by atoms with van der Waals surface area (Å²) in [5, 5.41) is 6.53. The molecular formula is C15H15N3OS. The van der Waals surface area contributed by atoms with Crippen LogP contribution in [0.2, 0.25) is 0 Å². The molecule has 0 saturated heterocycles. The maximum absolute atomic E-state index is 5.63. The summed E-state index contributed by atoms with van der Waals surface area (Å²) in [5.41, 5.74) is 2.10. The molecule has 0 saturated carbocycles. The van der Waals surface area contributed by atoms with Crippen molar-refractivity contribution in [1.29, 1.82) is 0 Å². The van der Waals surface area contributed by atoms with Gasteiger partial charge in [-0.25, -0.2) is 9.97 Å². The predicted molar refractivity (Wildman–Crippen MR) is 83.0 cm³/mol. The zero-order chi connectivity index (χ0) is 13.9. The smallest absolute Gasteiger partial charge is 0.142 e. The van der Waals surface area contributed by atoms with Crippen molar-refractivity contribution < 1.29 is 4.74 Å². The highest BCUT2D eigenvalue weighted by atomic mass is 32.1. The number of thiophene rings is 1. The van der Waals surface area contributed by atoms with Gasteiger partial charge >= 0.3 is 0 Å². The first-order valence-electron chi connectivity index (χ1n) is 6.47. The third kappa shape index (κ3) is 2.32. The number of para-hydroxylation sites is 2. The summed E-state index contributed by atoms with van der Waals surface area (Å²) in [5.74, 6) is 1.65. The lowest BCUT2D eigenvalue weighted by Crippen LogP contribution is -1.99. The summed E-state index contributed by atoms with van der Waals surface area (Å²) in [6, 6.07) is 7.87. The second-order valence-corrected chi connectivity index (χ2v) is 5.23. The molecule has 1 aromatic carbocycles. The van der Waals surface area contributed by atoms with E-state index in [1.807, 2.05) is 31.2 Å². The Morgan fingerprint density at radius 2 is 2.10 bits per heavy atom. The molecule has 0 spiro atoms. The SMILES string of the molecule is CCOc1ccccc1Nc1ncnc2scc(C)c12. The van der Waals surface area contributed by atoms with Crippen LogP contribution in [0.4, 0.5) is 11.5 Å². The number of rotatable bonds is 4. The van der Waals surface area contributed by atoms with Crippen molar-refractivity contribution in [1.82, 2.24) is 9.97 Å². The molecule has 0 bridgehead atoms. The Morgan fingerprint density at radius 3 is 2.95 bits per heavy atom. The first kappa shape index (κ1) is 12.9. The fourth-order valence-corrected chi connectivity index (χ4v) is 2.98. The molecule has 0 aliphatic rings. The van der Waals surface area contributed by atoms with Gasteiger partial charge in [-0.2, -0.15) is 0 Å². The number of anilines is 2. The largest absolute Gasteiger partial charge is 0.492 e. The van der Waals surface area contributed by atoms with Crippen molar-refractivity contribution in [3.05, 3.63) is 41.5 Å². The molecular weight excluding hydrogens is 270 g/mol. The first-order chi connectivity index (χ1) is 9.79. The van der Waals surface area contributed by atoms with Gasteiger partial charge in [0.2, 0.25) is 0 Å². The molecule has 0 atom stereocenters. The van der Waals surface area contributed by atoms with Crippen LogP contribution in [0.15, 0.2) is 36.0 Å². The Labute approximate surface area is 121 Å². The number of ether oxygens (including phenoxy) is 1. The standard InChI is InChI=1S/C15H15N3OS/c1-3-19-12-7-5-4-6-11(12)18-14-13-10(2)8-20-15(13)17-9-16-14/h4-9H,3H2,1-2H3,(H,16,17,18). The minimum Gasteiger partial charge on any atom is -0.492 e. The van der Waals surface area contributed by atoms with Crippen molar-refractivity contribution in [2.24, 2.45) is 0 Å². The van der Waals surface area contributed by atoms with Crippen LogP contribution in [0.3, 0.4) is 0 Å². The highest BCUT2D eigenvalue weighted by Crippen LogP contribution is 2.33. The monoisotopic (exact) mass is 285 g/mol. The van der Waals surface area contributed by atoms with Crippen molar-refractivity contribution in [3.63, 3.8) is 0 Å². The summed E-state index contributed by atoms with van der Waals surface area (Å²) >= 11 is 1.63. The van der Waals surface area contributed by atoms with E-state index in [1.54, 1.807) is 17.7 Å². The Bertz CT molecular complexity index is 739. The van der Waals surface area contributed by atoms with Crippen LogP contribution in [0.5, 0.6) is 5.75 Å². The van der Waals surface area contributed by atoms with E-state index in [0.717, 1.165) is 27.5 Å². The number of aryl methyl sites for hydroxylation is 1. The van der Waals surface area contributed by atoms with Gasteiger partial charge in [0.05, 0.1) is 17.7 Å². The highest BCUT2D eigenvalue weighted by molar-refractivity contribution is 7.17. The van der Waals surface area contributed by atoms with Gasteiger partial charge in [-0.15, -0.1) is 11.3 Å². The van der Waals surface area contributed by atoms with E-state index in [9.17, 15) is 0 Å². The number of hydrogen-bond donors (Lipinski definition) is 1. The van der Waals surface area contributed by atoms with Gasteiger partial charge in [-0.3, -0.25) is 0 Å². The van der Waals surface area contributed by atoms with Crippen LogP contribution in [0.25, 0.3) is 10.2 Å². The molecule has 2 aromatic heterocycles. The average molecular weight is 285 g/mol. The molecule has 0 amide bonds. The second-order valence-electron chi connectivity index (χ2n) is 4.38. The van der Waals surface area contributed by atoms with E-state index in [0.29, 0.717) is 6.61 Å². The lowest BCUT2D eigenvalue weighted by atomic mass is 10.2. The molecule has 1 N–H and O–H groups in total. The zero-order valence-corrected chi connectivity index (χ0v) is 12.2. The third-order valence-corrected chi connectivity index (χ3v) is 4.00. The Kier molecular flexibility index (Phi) is 3.52. The lowest BCUT2D eigenvalue weighted by molar-refractivity contribution is 0.342. The van der Waals surface area contributed by atoms with Crippen LogP contribution in [-0.2, 0) is 0 Å². The Morgan fingerprint density at radius 1 is 1.25 bits per heavy atom. The number of nitrogens with zero attached hydrogens (tertiary/aromatic N) is 2. The first-order valence-corrected chi connectivity index (χ1v) is 7.35. The topological polar surface area (TPSA) is 47.0 Å². The van der Waals surface area contributed by atoms with Crippen LogP contribution in [0.1, 0.15) is 12.5 Å². The van der Waals surface area contributed by atoms with Crippen molar-refractivity contribution in [3.8, 4) is 5.75 Å². The Hall–Kier alpha value is -2.14. The summed E-state index contributed by atoms with van der Waals surface area (Å²) in [6.07, 6.45) is 1.59. The van der Waals surface area contributed by atoms with Crippen molar-refractivity contribution >= 4 is 33.1 Å². The molecule has 4 nitrogen and oxygen atoms in total. The molecule has 0 aliphatic heterocycles. The van der Waals surface area contributed by atoms with Crippen molar-refractivity contribution in [2.45, 2.75) is 13.8 Å². The molecule has 102 valence electrons. The van der Waals surface area contributed by atoms with E-state index < -0.39 is 0 Å². The molecule has 0 fully saturated rings. The van der Waals surface area contributed by atoms with E-state index >= 15 is 0 Å². The predicted octanol–water partition coefficient (Wildman–Crippen LogP) is 4.14. The van der Waals surface area contributed by atoms with E-state index in [1.165, 1.54) is 5.56 Å². The summed E-state index contributed by atoms with van der Waals surface area (Å²) in [7, 11) is 0. The van der Waals surface area contributed by atoms with Crippen LogP contribution >= 0.6 is 11.3 Å². The quantitative estimate of drug-likeness (QED) is 0.782. The van der Waals surface area contributed by atoms with Gasteiger partial charge in [0, 0.05) is 0 Å². The van der Waals surface area contributed by atoms with E-state index in [2.05, 4.69) is 27.6 Å². The summed E-state index contributed by atoms with van der Waals surface area (Å²) in [4.78, 5) is 9.66. The minimum atomic E-state index is 0.634. The average Bonchev–Trinajstić information content (AvgIpc) is 2.84. The van der Waals surface area contributed by atoms with Gasteiger partial charge < -0.3 is 10.1 Å². The zero-order valence-electron chi connectivity index (χ0n) is 11.4. The number of hydrogen-bond acceptors (Lipinski definition) is 5. The fourth-order valence-electron chi connectivity index (χ4n) is 2.09. The molecule has 2 heterocycles. The van der Waals surface area contributed by atoms with Gasteiger partial charge in [-0.05, 0) is 36.9 Å². The minimum absolute atomic E-state index is 0.634. The molecule has 5 heteroatoms. The molecule has 0 unspecified atom stereocenters. The van der Waals surface area contributed by atoms with E-state index in [-0.39, 0.29) is 0 Å². The van der Waals surface area contributed by atoms with Crippen molar-refractivity contribution in [2.75, 3.05) is 11.9 Å². The van der Waals surface area contributed by atoms with Gasteiger partial charge in [0.15, 0.2) is 0 Å². The molecule has 3 aromatic rings. The third-order valence-electron chi connectivity index (χ3n) is 2.99. The van der Waals surface area contributed by atoms with Gasteiger partial charge in [-0.1, -0.05) is 12.1 Å². The van der Waals surface area contributed by atoms with E-state index in [4.69, 9.17) is 4.74 Å². The number of aromatic nitrogens is 2. The maximum Gasteiger partial charge on any atom is 0.142 e. The van der Waals surface area contributed by atoms with Crippen LogP contribution < -0.4 is 10.1 Å². The normalized spacial score (nSPS) is 10.7. The molecule has 0 aliphatic carbocycles. The Balaban J connectivity index is 2.03. The molecule has 0 radical (unpaired) electrons. The number of nitrogens with one attached hydrogen (secondary N) is 1. The van der Waals surface area contributed by atoms with Gasteiger partial charge in [0.1, 0.15) is 22.7 Å². The highest BCUT2D eigenvalue weighted by Gasteiger charge is 2.10. The molecule has 3 rings (SSSR count). The number of benzene rings is 1.